The molecule has 0 bridgehead atoms. The number of aliphatic hydroxyl groups is 1. The number of aliphatic hydroxyl groups excluding tert-OH is 1. The van der Waals surface area contributed by atoms with Gasteiger partial charge in [-0.25, -0.2) is 0 Å². The van der Waals surface area contributed by atoms with Crippen LogP contribution < -0.4 is 0 Å². The van der Waals surface area contributed by atoms with E-state index in [4.69, 9.17) is 15.3 Å². The number of nitrogens with one attached hydrogen (secondary N) is 1. The molecule has 0 fully saturated rings. The summed E-state index contributed by atoms with van der Waals surface area (Å²) >= 11 is 0. The summed E-state index contributed by atoms with van der Waals surface area (Å²) in [5.41, 5.74) is 0. The van der Waals surface area contributed by atoms with Crippen LogP contribution in [0.3, 0.4) is 0 Å². The quantitative estimate of drug-likeness (QED) is 0.547. The number of ether oxygens (including phenoxy) is 1. The summed E-state index contributed by atoms with van der Waals surface area (Å²) in [4.78, 5) is 1.97. The monoisotopic (exact) mass is 246 g/mol. The Hall–Kier alpha value is -0.0300. The Morgan fingerprint density at radius 1 is 1.36 bits per heavy atom. The minimum Gasteiger partial charge on any atom is -0.481 e. The van der Waals surface area contributed by atoms with Crippen molar-refractivity contribution < 1.29 is 9.84 Å². The third kappa shape index (κ3) is 12.0. The molecule has 4 nitrogen and oxygen atoms in total. The van der Waals surface area contributed by atoms with Gasteiger partial charge in [-0.05, 0) is 14.0 Å². The first kappa shape index (κ1) is 19.5. The Morgan fingerprint density at radius 3 is 2.36 bits per heavy atom. The molecule has 0 atom stereocenters. The van der Waals surface area contributed by atoms with Crippen LogP contribution in [-0.2, 0) is 4.74 Å². The van der Waals surface area contributed by atoms with E-state index in [-0.39, 0.29) is 31.4 Å². The predicted octanol–water partition coefficient (Wildman–Crippen LogP) is 1.16. The number of nitrogens with zero attached hydrogens (tertiary/aromatic N) is 1. The predicted molar refractivity (Wildman–Crippen MR) is 63.0 cm³/mol. The van der Waals surface area contributed by atoms with Gasteiger partial charge in [0, 0.05) is 19.5 Å². The molecule has 0 amide bonds. The molecule has 0 aliphatic rings. The highest BCUT2D eigenvalue weighted by Crippen LogP contribution is 1.90. The van der Waals surface area contributed by atoms with Crippen molar-refractivity contribution in [1.82, 2.24) is 4.90 Å². The maximum atomic E-state index is 8.58. The maximum absolute atomic E-state index is 8.58. The molecule has 0 heterocycles. The summed E-state index contributed by atoms with van der Waals surface area (Å²) in [6.07, 6.45) is 0.615. The van der Waals surface area contributed by atoms with Crippen LogP contribution in [-0.4, -0.2) is 49.3 Å². The summed E-state index contributed by atoms with van der Waals surface area (Å²) in [7, 11) is 1.91. The minimum atomic E-state index is 0. The zero-order chi connectivity index (χ0) is 9.40. The Labute approximate surface area is 98.0 Å². The molecule has 14 heavy (non-hydrogen) atoms. The largest absolute Gasteiger partial charge is 0.481 e. The molecule has 0 aromatic carbocycles. The fraction of sp³-hybridized carbons (Fsp3) is 0.875. The summed E-state index contributed by atoms with van der Waals surface area (Å²) in [5.74, 6) is 0.322. The zero-order valence-electron chi connectivity index (χ0n) is 8.65. The van der Waals surface area contributed by atoms with Crippen LogP contribution in [0.4, 0.5) is 0 Å². The van der Waals surface area contributed by atoms with E-state index in [9.17, 15) is 0 Å². The van der Waals surface area contributed by atoms with Crippen LogP contribution >= 0.6 is 24.8 Å². The standard InChI is InChI=1S/C8H18N2O2.2ClH/c1-3-12-8(9)4-5-10(2)6-7-11;;/h9,11H,3-7H2,1-2H3;2*1H. The number of hydrogen-bond donors (Lipinski definition) is 2. The number of hydrogen-bond acceptors (Lipinski definition) is 4. The molecule has 0 unspecified atom stereocenters. The molecular formula is C8H20Cl2N2O2. The van der Waals surface area contributed by atoms with Crippen LogP contribution in [0.25, 0.3) is 0 Å². The first-order valence-corrected chi connectivity index (χ1v) is 4.20. The lowest BCUT2D eigenvalue weighted by Crippen LogP contribution is -2.25. The molecule has 0 spiro atoms. The Morgan fingerprint density at radius 2 is 1.93 bits per heavy atom. The Balaban J connectivity index is -0.000000605. The first-order chi connectivity index (χ1) is 5.70. The van der Waals surface area contributed by atoms with Crippen molar-refractivity contribution in [3.63, 3.8) is 0 Å². The van der Waals surface area contributed by atoms with Crippen molar-refractivity contribution in [1.29, 1.82) is 5.41 Å². The summed E-state index contributed by atoms with van der Waals surface area (Å²) in [5, 5.41) is 15.9. The van der Waals surface area contributed by atoms with E-state index in [1.165, 1.54) is 0 Å². The lowest BCUT2D eigenvalue weighted by Gasteiger charge is -2.14. The van der Waals surface area contributed by atoms with E-state index < -0.39 is 0 Å². The molecular weight excluding hydrogens is 227 g/mol. The molecule has 0 aliphatic heterocycles. The smallest absolute Gasteiger partial charge is 0.181 e. The molecule has 0 radical (unpaired) electrons. The normalized spacial score (nSPS) is 8.86. The van der Waals surface area contributed by atoms with Gasteiger partial charge in [-0.15, -0.1) is 24.8 Å². The van der Waals surface area contributed by atoms with Gasteiger partial charge in [0.2, 0.25) is 0 Å². The number of rotatable bonds is 6. The molecule has 88 valence electrons. The van der Waals surface area contributed by atoms with Crippen LogP contribution in [0.5, 0.6) is 0 Å². The van der Waals surface area contributed by atoms with Crippen molar-refractivity contribution in [2.75, 3.05) is 33.4 Å². The summed E-state index contributed by atoms with van der Waals surface area (Å²) in [6.45, 7) is 4.01. The average molecular weight is 247 g/mol. The van der Waals surface area contributed by atoms with E-state index >= 15 is 0 Å². The van der Waals surface area contributed by atoms with Crippen molar-refractivity contribution >= 4 is 30.7 Å². The highest BCUT2D eigenvalue weighted by molar-refractivity contribution is 5.85. The molecule has 0 aromatic rings. The second-order valence-electron chi connectivity index (χ2n) is 2.63. The highest BCUT2D eigenvalue weighted by Gasteiger charge is 2.00. The van der Waals surface area contributed by atoms with E-state index in [1.54, 1.807) is 0 Å². The fourth-order valence-electron chi connectivity index (χ4n) is 0.821. The SMILES string of the molecule is CCOC(=N)CCN(C)CCO.Cl.Cl. The van der Waals surface area contributed by atoms with Crippen molar-refractivity contribution in [3.05, 3.63) is 0 Å². The average Bonchev–Trinajstić information content (AvgIpc) is 2.02. The molecule has 0 aliphatic carbocycles. The molecule has 6 heteroatoms. The minimum absolute atomic E-state index is 0. The van der Waals surface area contributed by atoms with Crippen molar-refractivity contribution in [2.24, 2.45) is 0 Å². The first-order valence-electron chi connectivity index (χ1n) is 4.20. The van der Waals surface area contributed by atoms with Crippen LogP contribution in [0.15, 0.2) is 0 Å². The second-order valence-corrected chi connectivity index (χ2v) is 2.63. The van der Waals surface area contributed by atoms with Gasteiger partial charge in [0.15, 0.2) is 5.90 Å². The van der Waals surface area contributed by atoms with E-state index in [2.05, 4.69) is 0 Å². The van der Waals surface area contributed by atoms with Crippen LogP contribution in [0, 0.1) is 5.41 Å². The highest BCUT2D eigenvalue weighted by atomic mass is 35.5. The molecule has 0 rings (SSSR count). The second kappa shape index (κ2) is 13.0. The Kier molecular flexibility index (Phi) is 18.1. The molecule has 0 saturated carbocycles. The molecule has 2 N–H and O–H groups in total. The summed E-state index contributed by atoms with van der Waals surface area (Å²) < 4.78 is 4.96. The van der Waals surface area contributed by atoms with Gasteiger partial charge in [-0.1, -0.05) is 0 Å². The van der Waals surface area contributed by atoms with E-state index in [0.717, 1.165) is 6.54 Å². The molecule has 0 saturated heterocycles. The van der Waals surface area contributed by atoms with Gasteiger partial charge in [-0.3, -0.25) is 5.41 Å². The zero-order valence-corrected chi connectivity index (χ0v) is 10.3. The third-order valence-electron chi connectivity index (χ3n) is 1.52. The lowest BCUT2D eigenvalue weighted by atomic mass is 10.4. The van der Waals surface area contributed by atoms with Gasteiger partial charge in [-0.2, -0.15) is 0 Å². The van der Waals surface area contributed by atoms with E-state index in [1.807, 2.05) is 18.9 Å². The third-order valence-corrected chi connectivity index (χ3v) is 1.52. The van der Waals surface area contributed by atoms with Gasteiger partial charge in [0.25, 0.3) is 0 Å². The van der Waals surface area contributed by atoms with Crippen LogP contribution in [0.1, 0.15) is 13.3 Å². The van der Waals surface area contributed by atoms with Crippen molar-refractivity contribution in [3.8, 4) is 0 Å². The van der Waals surface area contributed by atoms with Gasteiger partial charge in [0.05, 0.1) is 13.2 Å². The van der Waals surface area contributed by atoms with E-state index in [0.29, 0.717) is 25.5 Å². The summed E-state index contributed by atoms with van der Waals surface area (Å²) in [6, 6.07) is 0. The van der Waals surface area contributed by atoms with Gasteiger partial charge in [0.1, 0.15) is 0 Å². The van der Waals surface area contributed by atoms with Crippen molar-refractivity contribution in [2.45, 2.75) is 13.3 Å². The topological polar surface area (TPSA) is 56.5 Å². The van der Waals surface area contributed by atoms with Gasteiger partial charge >= 0.3 is 0 Å². The van der Waals surface area contributed by atoms with Crippen LogP contribution in [0.2, 0.25) is 0 Å². The number of likely N-dealkylation sites (N-methyl/N-ethyl adjacent to an activating group) is 1. The molecule has 0 aromatic heterocycles. The lowest BCUT2D eigenvalue weighted by molar-refractivity contribution is 0.220. The fourth-order valence-corrected chi connectivity index (χ4v) is 0.821. The van der Waals surface area contributed by atoms with Gasteiger partial charge < -0.3 is 14.7 Å². The number of halogens is 2. The maximum Gasteiger partial charge on any atom is 0.181 e. The Bertz CT molecular complexity index is 137.